The van der Waals surface area contributed by atoms with Gasteiger partial charge in [0.2, 0.25) is 0 Å². The number of hydrogen-bond acceptors (Lipinski definition) is 4. The number of rotatable bonds is 2. The molecule has 362 valence electrons. The quantitative estimate of drug-likeness (QED) is 0.162. The van der Waals surface area contributed by atoms with Crippen LogP contribution in [0.2, 0.25) is 0 Å². The van der Waals surface area contributed by atoms with Gasteiger partial charge in [-0.3, -0.25) is 0 Å². The summed E-state index contributed by atoms with van der Waals surface area (Å²) in [5.74, 6) is 0. The fourth-order valence-electron chi connectivity index (χ4n) is 13.3. The molecule has 0 amide bonds. The summed E-state index contributed by atoms with van der Waals surface area (Å²) >= 11 is 0. The molecule has 7 aromatic carbocycles. The van der Waals surface area contributed by atoms with Gasteiger partial charge in [0, 0.05) is 56.0 Å². The van der Waals surface area contributed by atoms with E-state index in [2.05, 4.69) is 235 Å². The zero-order valence-corrected chi connectivity index (χ0v) is 45.2. The normalized spacial score (nSPS) is 17.2. The highest BCUT2D eigenvalue weighted by Crippen LogP contribution is 2.59. The third kappa shape index (κ3) is 6.31. The summed E-state index contributed by atoms with van der Waals surface area (Å²) in [5.41, 5.74) is 25.0. The van der Waals surface area contributed by atoms with Crippen LogP contribution in [0.1, 0.15) is 156 Å². The molecule has 0 radical (unpaired) electrons. The van der Waals surface area contributed by atoms with Crippen molar-refractivity contribution in [1.29, 1.82) is 0 Å². The number of furan rings is 2. The minimum absolute atomic E-state index is 0.00196. The predicted octanol–water partition coefficient (Wildman–Crippen LogP) is 17.6. The van der Waals surface area contributed by atoms with Gasteiger partial charge in [-0.05, 0) is 162 Å². The maximum atomic E-state index is 7.54. The lowest BCUT2D eigenvalue weighted by molar-refractivity contribution is 0.332. The molecule has 4 heterocycles. The average Bonchev–Trinajstić information content (AvgIpc) is 3.95. The minimum Gasteiger partial charge on any atom is -0.466 e. The molecule has 0 N–H and O–H groups in total. The first kappa shape index (κ1) is 45.4. The second-order valence-corrected chi connectivity index (χ2v) is 26.9. The van der Waals surface area contributed by atoms with E-state index in [9.17, 15) is 0 Å². The Hall–Kier alpha value is -6.46. The lowest BCUT2D eigenvalue weighted by atomic mass is 9.45. The van der Waals surface area contributed by atoms with E-state index in [-0.39, 0.29) is 39.3 Å². The summed E-state index contributed by atoms with van der Waals surface area (Å²) in [5, 5.41) is 3.48. The Balaban J connectivity index is 1.20. The Kier molecular flexibility index (Phi) is 9.08. The smallest absolute Gasteiger partial charge is 0.375 e. The fourth-order valence-corrected chi connectivity index (χ4v) is 13.3. The monoisotopic (exact) mass is 945 g/mol. The van der Waals surface area contributed by atoms with Crippen molar-refractivity contribution in [3.63, 3.8) is 0 Å². The molecule has 2 aliphatic carbocycles. The number of nitrogens with zero attached hydrogens (tertiary/aromatic N) is 2. The first-order valence-electron chi connectivity index (χ1n) is 26.6. The number of fused-ring (bicyclic) bond motifs is 14. The zero-order valence-electron chi connectivity index (χ0n) is 45.2. The predicted molar refractivity (Wildman–Crippen MR) is 306 cm³/mol. The van der Waals surface area contributed by atoms with Crippen LogP contribution >= 0.6 is 0 Å². The lowest BCUT2D eigenvalue weighted by Gasteiger charge is -2.45. The van der Waals surface area contributed by atoms with Gasteiger partial charge in [0.15, 0.2) is 0 Å². The van der Waals surface area contributed by atoms with E-state index in [0.717, 1.165) is 68.8 Å². The molecule has 9 aromatic rings. The first-order chi connectivity index (χ1) is 33.8. The molecule has 0 saturated carbocycles. The molecule has 0 fully saturated rings. The second-order valence-electron chi connectivity index (χ2n) is 26.9. The van der Waals surface area contributed by atoms with Gasteiger partial charge in [-0.2, -0.15) is 0 Å². The van der Waals surface area contributed by atoms with E-state index in [0.29, 0.717) is 0 Å². The van der Waals surface area contributed by atoms with Crippen LogP contribution in [0, 0.1) is 0 Å². The molecule has 0 saturated heterocycles. The van der Waals surface area contributed by atoms with Crippen LogP contribution in [-0.2, 0) is 32.5 Å². The van der Waals surface area contributed by atoms with Crippen molar-refractivity contribution < 1.29 is 8.83 Å². The first-order valence-corrected chi connectivity index (χ1v) is 26.6. The van der Waals surface area contributed by atoms with Crippen molar-refractivity contribution in [2.24, 2.45) is 0 Å². The Morgan fingerprint density at radius 2 is 1.03 bits per heavy atom. The molecule has 5 heteroatoms. The number of anilines is 5. The van der Waals surface area contributed by atoms with Gasteiger partial charge < -0.3 is 18.5 Å². The highest BCUT2D eigenvalue weighted by molar-refractivity contribution is 6.93. The Labute approximate surface area is 427 Å². The van der Waals surface area contributed by atoms with Gasteiger partial charge in [0.05, 0.1) is 5.69 Å². The van der Waals surface area contributed by atoms with E-state index in [1.54, 1.807) is 0 Å². The molecule has 4 nitrogen and oxygen atoms in total. The van der Waals surface area contributed by atoms with Crippen LogP contribution < -0.4 is 20.8 Å². The minimum atomic E-state index is -0.318. The molecular formula is C67H69BN2O2. The highest BCUT2D eigenvalue weighted by atomic mass is 16.3. The summed E-state index contributed by atoms with van der Waals surface area (Å²) in [6.45, 7) is 35.0. The van der Waals surface area contributed by atoms with Gasteiger partial charge in [0.25, 0.3) is 0 Å². The highest BCUT2D eigenvalue weighted by Gasteiger charge is 2.53. The molecule has 4 aliphatic rings. The van der Waals surface area contributed by atoms with Crippen LogP contribution in [0.4, 0.5) is 28.4 Å². The van der Waals surface area contributed by atoms with Crippen LogP contribution in [0.25, 0.3) is 55.2 Å². The molecule has 13 rings (SSSR count). The van der Waals surface area contributed by atoms with Crippen molar-refractivity contribution in [2.75, 3.05) is 9.71 Å². The Bertz CT molecular complexity index is 3780. The summed E-state index contributed by atoms with van der Waals surface area (Å²) in [4.78, 5) is 5.22. The standard InChI is InChI=1S/C67H69BN2O2/c1-62(2,3)38-20-25-41(26-21-38)69-59-49-32-40(64(7,8)9)24-29-54(49)72-61(59)68-58-48(34-47-43-18-16-17-19-50(43)67(14,15)57(47)60(58)69)44-33-45-46-35-51-52(66(12,13)31-30-65(51,10)11)36-55(46)71-56(45)37-53(44)70(68)42-27-22-39(23-28-42)63(4,5)6/h16-29,32-37H,30-31H2,1-15H3. The van der Waals surface area contributed by atoms with Crippen LogP contribution in [0.5, 0.6) is 0 Å². The van der Waals surface area contributed by atoms with Crippen molar-refractivity contribution >= 4 is 79.3 Å². The Morgan fingerprint density at radius 3 is 1.67 bits per heavy atom. The van der Waals surface area contributed by atoms with E-state index in [4.69, 9.17) is 8.83 Å². The van der Waals surface area contributed by atoms with Gasteiger partial charge in [-0.1, -0.05) is 158 Å². The molecular weight excluding hydrogens is 876 g/mol. The van der Waals surface area contributed by atoms with Crippen molar-refractivity contribution in [3.05, 3.63) is 160 Å². The van der Waals surface area contributed by atoms with E-state index >= 15 is 0 Å². The third-order valence-electron chi connectivity index (χ3n) is 17.8. The molecule has 0 unspecified atom stereocenters. The third-order valence-corrected chi connectivity index (χ3v) is 17.8. The van der Waals surface area contributed by atoms with E-state index in [1.807, 2.05) is 0 Å². The topological polar surface area (TPSA) is 32.8 Å². The summed E-state index contributed by atoms with van der Waals surface area (Å²) in [6, 6.07) is 47.1. The molecule has 0 bridgehead atoms. The number of hydrogen-bond donors (Lipinski definition) is 0. The van der Waals surface area contributed by atoms with Crippen molar-refractivity contribution in [1.82, 2.24) is 0 Å². The lowest BCUT2D eigenvalue weighted by Crippen LogP contribution is -2.61. The maximum Gasteiger partial charge on any atom is 0.375 e. The van der Waals surface area contributed by atoms with E-state index in [1.165, 1.54) is 77.7 Å². The van der Waals surface area contributed by atoms with Gasteiger partial charge in [-0.25, -0.2) is 0 Å². The number of benzene rings is 7. The summed E-state index contributed by atoms with van der Waals surface area (Å²) in [7, 11) is 0. The van der Waals surface area contributed by atoms with E-state index < -0.39 is 0 Å². The van der Waals surface area contributed by atoms with Crippen molar-refractivity contribution in [2.45, 2.75) is 149 Å². The fraction of sp³-hybridized carbons (Fsp3) is 0.343. The molecule has 0 atom stereocenters. The maximum absolute atomic E-state index is 7.54. The molecule has 2 aliphatic heterocycles. The Morgan fingerprint density at radius 1 is 0.458 bits per heavy atom. The van der Waals surface area contributed by atoms with Crippen molar-refractivity contribution in [3.8, 4) is 22.3 Å². The summed E-state index contributed by atoms with van der Waals surface area (Å²) in [6.07, 6.45) is 2.31. The molecule has 72 heavy (non-hydrogen) atoms. The van der Waals surface area contributed by atoms with Crippen LogP contribution in [0.3, 0.4) is 0 Å². The largest absolute Gasteiger partial charge is 0.466 e. The summed E-state index contributed by atoms with van der Waals surface area (Å²) < 4.78 is 14.7. The second kappa shape index (κ2) is 14.4. The van der Waals surface area contributed by atoms with Gasteiger partial charge >= 0.3 is 6.85 Å². The van der Waals surface area contributed by atoms with Gasteiger partial charge in [-0.15, -0.1) is 0 Å². The zero-order chi connectivity index (χ0) is 50.6. The molecule has 2 aromatic heterocycles. The van der Waals surface area contributed by atoms with Crippen LogP contribution in [-0.4, -0.2) is 6.85 Å². The van der Waals surface area contributed by atoms with Gasteiger partial charge in [0.1, 0.15) is 22.4 Å². The molecule has 0 spiro atoms. The average molecular weight is 945 g/mol. The van der Waals surface area contributed by atoms with Crippen LogP contribution in [0.15, 0.2) is 130 Å². The SMILES string of the molecule is CC(C)(C)c1ccc(N2B3c4oc5ccc(C(C)(C)C)cc5c4N(c4ccc(C(C)(C)C)cc4)c4c3c(cc3c4C(C)(C)c4ccccc4-3)-c3cc4c(cc32)oc2cc3c(cc24)C(C)(C)CCC3(C)C)cc1.